The lowest BCUT2D eigenvalue weighted by Crippen LogP contribution is -2.47. The standard InChI is InChI=1S/C22H29ClN6/c1-4-5-18(15-27(3)24)16-28-10-12-29(13-11-28)22-21(25-8-9-26-22)19-6-7-20(23)17(2)14-19/h4-9,14-15H,10-13,16,24H2,1-3H3/b5-4+,18-15+. The Bertz CT molecular complexity index is 885. The third-order valence-corrected chi connectivity index (χ3v) is 5.36. The molecule has 29 heavy (non-hydrogen) atoms. The monoisotopic (exact) mass is 412 g/mol. The first-order valence-electron chi connectivity index (χ1n) is 9.83. The van der Waals surface area contributed by atoms with Crippen LogP contribution in [-0.2, 0) is 0 Å². The van der Waals surface area contributed by atoms with Crippen LogP contribution in [0.25, 0.3) is 11.3 Å². The van der Waals surface area contributed by atoms with Crippen molar-refractivity contribution < 1.29 is 0 Å². The lowest BCUT2D eigenvalue weighted by Gasteiger charge is -2.36. The second-order valence-electron chi connectivity index (χ2n) is 7.33. The summed E-state index contributed by atoms with van der Waals surface area (Å²) in [5.41, 5.74) is 4.18. The zero-order valence-electron chi connectivity index (χ0n) is 17.3. The van der Waals surface area contributed by atoms with E-state index in [1.54, 1.807) is 17.4 Å². The number of aryl methyl sites for hydroxylation is 1. The topological polar surface area (TPSA) is 61.5 Å². The number of halogens is 1. The molecule has 0 aliphatic carbocycles. The Kier molecular flexibility index (Phi) is 7.25. The maximum atomic E-state index is 6.20. The van der Waals surface area contributed by atoms with E-state index in [1.807, 2.05) is 45.3 Å². The molecule has 0 saturated carbocycles. The molecule has 2 heterocycles. The summed E-state index contributed by atoms with van der Waals surface area (Å²) in [7, 11) is 1.84. The molecule has 1 aliphatic heterocycles. The molecular formula is C22H29ClN6. The number of hydrazine groups is 1. The van der Waals surface area contributed by atoms with Gasteiger partial charge in [-0.3, -0.25) is 9.88 Å². The van der Waals surface area contributed by atoms with E-state index in [0.717, 1.165) is 60.4 Å². The minimum Gasteiger partial charge on any atom is -0.352 e. The number of hydrogen-bond donors (Lipinski definition) is 1. The van der Waals surface area contributed by atoms with Gasteiger partial charge in [0, 0.05) is 69.0 Å². The summed E-state index contributed by atoms with van der Waals surface area (Å²) in [6, 6.07) is 6.01. The number of rotatable bonds is 6. The average Bonchev–Trinajstić information content (AvgIpc) is 2.70. The fraction of sp³-hybridized carbons (Fsp3) is 0.364. The summed E-state index contributed by atoms with van der Waals surface area (Å²) in [4.78, 5) is 14.0. The predicted octanol–water partition coefficient (Wildman–Crippen LogP) is 3.49. The molecule has 2 N–H and O–H groups in total. The van der Waals surface area contributed by atoms with E-state index in [9.17, 15) is 0 Å². The lowest BCUT2D eigenvalue weighted by atomic mass is 10.1. The van der Waals surface area contributed by atoms with Crippen molar-refractivity contribution in [1.82, 2.24) is 19.9 Å². The van der Waals surface area contributed by atoms with E-state index in [4.69, 9.17) is 17.4 Å². The van der Waals surface area contributed by atoms with Crippen LogP contribution in [0.4, 0.5) is 5.82 Å². The average molecular weight is 413 g/mol. The first-order chi connectivity index (χ1) is 14.0. The number of allylic oxidation sites excluding steroid dienone is 1. The van der Waals surface area contributed by atoms with Crippen LogP contribution in [-0.4, -0.2) is 59.6 Å². The molecule has 1 aromatic heterocycles. The van der Waals surface area contributed by atoms with E-state index < -0.39 is 0 Å². The van der Waals surface area contributed by atoms with Crippen LogP contribution in [0.3, 0.4) is 0 Å². The summed E-state index contributed by atoms with van der Waals surface area (Å²) in [6.07, 6.45) is 9.63. The number of benzene rings is 1. The van der Waals surface area contributed by atoms with Gasteiger partial charge < -0.3 is 9.91 Å². The van der Waals surface area contributed by atoms with Gasteiger partial charge in [-0.2, -0.15) is 0 Å². The van der Waals surface area contributed by atoms with Crippen LogP contribution >= 0.6 is 11.6 Å². The van der Waals surface area contributed by atoms with Crippen molar-refractivity contribution in [2.75, 3.05) is 44.7 Å². The van der Waals surface area contributed by atoms with Crippen molar-refractivity contribution in [2.45, 2.75) is 13.8 Å². The van der Waals surface area contributed by atoms with Gasteiger partial charge in [-0.1, -0.05) is 29.8 Å². The largest absolute Gasteiger partial charge is 0.352 e. The molecule has 3 rings (SSSR count). The normalized spacial score (nSPS) is 15.9. The van der Waals surface area contributed by atoms with Crippen molar-refractivity contribution in [3.63, 3.8) is 0 Å². The predicted molar refractivity (Wildman–Crippen MR) is 121 cm³/mol. The van der Waals surface area contributed by atoms with Gasteiger partial charge in [0.05, 0.1) is 0 Å². The van der Waals surface area contributed by atoms with Crippen LogP contribution in [0.5, 0.6) is 0 Å². The molecule has 0 atom stereocenters. The Morgan fingerprint density at radius 2 is 1.93 bits per heavy atom. The van der Waals surface area contributed by atoms with Crippen molar-refractivity contribution in [3.8, 4) is 11.3 Å². The number of anilines is 1. The maximum Gasteiger partial charge on any atom is 0.155 e. The zero-order valence-corrected chi connectivity index (χ0v) is 18.1. The summed E-state index contributed by atoms with van der Waals surface area (Å²) < 4.78 is 0. The van der Waals surface area contributed by atoms with Crippen molar-refractivity contribution in [3.05, 3.63) is 65.1 Å². The first-order valence-corrected chi connectivity index (χ1v) is 10.2. The SMILES string of the molecule is C/C=C/C(=C\N(C)N)CN1CCN(c2nccnc2-c2ccc(Cl)c(C)c2)CC1. The fourth-order valence-corrected chi connectivity index (χ4v) is 3.66. The Hall–Kier alpha value is -2.41. The van der Waals surface area contributed by atoms with Crippen LogP contribution in [0.2, 0.25) is 5.02 Å². The molecule has 0 spiro atoms. The minimum absolute atomic E-state index is 0.765. The summed E-state index contributed by atoms with van der Waals surface area (Å²) in [5.74, 6) is 6.72. The molecular weight excluding hydrogens is 384 g/mol. The quantitative estimate of drug-likeness (QED) is 0.445. The molecule has 1 fully saturated rings. The van der Waals surface area contributed by atoms with Crippen LogP contribution in [0.1, 0.15) is 12.5 Å². The Balaban J connectivity index is 1.72. The second-order valence-corrected chi connectivity index (χ2v) is 7.73. The van der Waals surface area contributed by atoms with Gasteiger partial charge in [0.2, 0.25) is 0 Å². The molecule has 6 nitrogen and oxygen atoms in total. The third-order valence-electron chi connectivity index (χ3n) is 4.94. The Morgan fingerprint density at radius 1 is 1.21 bits per heavy atom. The third kappa shape index (κ3) is 5.56. The number of nitrogens with zero attached hydrogens (tertiary/aromatic N) is 5. The first kappa shape index (κ1) is 21.3. The lowest BCUT2D eigenvalue weighted by molar-refractivity contribution is 0.277. The number of nitrogens with two attached hydrogens (primary N) is 1. The smallest absolute Gasteiger partial charge is 0.155 e. The van der Waals surface area contributed by atoms with Gasteiger partial charge in [-0.05, 0) is 37.1 Å². The van der Waals surface area contributed by atoms with Crippen LogP contribution in [0.15, 0.2) is 54.5 Å². The highest BCUT2D eigenvalue weighted by Gasteiger charge is 2.22. The molecule has 0 unspecified atom stereocenters. The second kappa shape index (κ2) is 9.87. The fourth-order valence-electron chi connectivity index (χ4n) is 3.55. The van der Waals surface area contributed by atoms with Gasteiger partial charge >= 0.3 is 0 Å². The molecule has 1 saturated heterocycles. The summed E-state index contributed by atoms with van der Waals surface area (Å²) in [6.45, 7) is 8.63. The van der Waals surface area contributed by atoms with Gasteiger partial charge in [-0.25, -0.2) is 10.8 Å². The zero-order chi connectivity index (χ0) is 20.8. The summed E-state index contributed by atoms with van der Waals surface area (Å²) >= 11 is 6.20. The summed E-state index contributed by atoms with van der Waals surface area (Å²) in [5, 5.41) is 2.37. The molecule has 7 heteroatoms. The molecule has 2 aromatic rings. The van der Waals surface area contributed by atoms with E-state index in [-0.39, 0.29) is 0 Å². The van der Waals surface area contributed by atoms with E-state index in [1.165, 1.54) is 5.57 Å². The van der Waals surface area contributed by atoms with Crippen LogP contribution < -0.4 is 10.7 Å². The van der Waals surface area contributed by atoms with Gasteiger partial charge in [-0.15, -0.1) is 0 Å². The molecule has 0 radical (unpaired) electrons. The highest BCUT2D eigenvalue weighted by atomic mass is 35.5. The van der Waals surface area contributed by atoms with E-state index in [2.05, 4.69) is 31.9 Å². The highest BCUT2D eigenvalue weighted by molar-refractivity contribution is 6.31. The van der Waals surface area contributed by atoms with Crippen molar-refractivity contribution in [2.24, 2.45) is 5.84 Å². The molecule has 0 bridgehead atoms. The number of piperazine rings is 1. The molecule has 1 aromatic carbocycles. The van der Waals surface area contributed by atoms with Crippen molar-refractivity contribution >= 4 is 17.4 Å². The van der Waals surface area contributed by atoms with Crippen LogP contribution in [0, 0.1) is 6.92 Å². The molecule has 154 valence electrons. The number of aromatic nitrogens is 2. The molecule has 0 amide bonds. The van der Waals surface area contributed by atoms with E-state index in [0.29, 0.717) is 0 Å². The van der Waals surface area contributed by atoms with E-state index >= 15 is 0 Å². The number of hydrogen-bond acceptors (Lipinski definition) is 6. The Morgan fingerprint density at radius 3 is 2.59 bits per heavy atom. The highest BCUT2D eigenvalue weighted by Crippen LogP contribution is 2.30. The van der Waals surface area contributed by atoms with Gasteiger partial charge in [0.15, 0.2) is 5.82 Å². The Labute approximate surface area is 178 Å². The molecule has 1 aliphatic rings. The minimum atomic E-state index is 0.765. The maximum absolute atomic E-state index is 6.20. The van der Waals surface area contributed by atoms with Crippen molar-refractivity contribution in [1.29, 1.82) is 0 Å². The van der Waals surface area contributed by atoms with Gasteiger partial charge in [0.1, 0.15) is 5.69 Å². The van der Waals surface area contributed by atoms with Gasteiger partial charge in [0.25, 0.3) is 0 Å².